The lowest BCUT2D eigenvalue weighted by Crippen LogP contribution is -2.27. The minimum atomic E-state index is -0.971. The van der Waals surface area contributed by atoms with Crippen LogP contribution in [-0.2, 0) is 6.42 Å². The van der Waals surface area contributed by atoms with Crippen LogP contribution in [0.15, 0.2) is 43.0 Å². The first-order valence-corrected chi connectivity index (χ1v) is 11.1. The summed E-state index contributed by atoms with van der Waals surface area (Å²) in [4.78, 5) is 11.3. The monoisotopic (exact) mass is 414 g/mol. The van der Waals surface area contributed by atoms with Crippen LogP contribution in [0, 0.1) is 17.8 Å². The lowest BCUT2D eigenvalue weighted by molar-refractivity contribution is 0.0695. The van der Waals surface area contributed by atoms with E-state index in [1.54, 1.807) is 12.1 Å². The highest BCUT2D eigenvalue weighted by Gasteiger charge is 2.43. The molecule has 5 nitrogen and oxygen atoms in total. The van der Waals surface area contributed by atoms with Crippen LogP contribution >= 0.6 is 0 Å². The number of aliphatic hydroxyl groups is 2. The Kier molecular flexibility index (Phi) is 7.73. The molecule has 0 aromatic heterocycles. The average Bonchev–Trinajstić information content (AvgIpc) is 2.99. The molecule has 1 fully saturated rings. The average molecular weight is 415 g/mol. The predicted molar refractivity (Wildman–Crippen MR) is 117 cm³/mol. The third-order valence-corrected chi connectivity index (χ3v) is 6.63. The molecule has 0 bridgehead atoms. The van der Waals surface area contributed by atoms with Gasteiger partial charge in [0, 0.05) is 24.2 Å². The van der Waals surface area contributed by atoms with Crippen LogP contribution in [-0.4, -0.2) is 39.6 Å². The third-order valence-electron chi connectivity index (χ3n) is 6.63. The van der Waals surface area contributed by atoms with Crippen molar-refractivity contribution in [2.45, 2.75) is 70.2 Å². The Labute approximate surface area is 179 Å². The molecule has 6 atom stereocenters. The van der Waals surface area contributed by atoms with Gasteiger partial charge in [-0.1, -0.05) is 44.1 Å². The van der Waals surface area contributed by atoms with Crippen molar-refractivity contribution >= 4 is 5.97 Å². The van der Waals surface area contributed by atoms with Crippen molar-refractivity contribution in [3.05, 3.63) is 54.1 Å². The summed E-state index contributed by atoms with van der Waals surface area (Å²) in [6.07, 6.45) is 10.5. The predicted octanol–water partition coefficient (Wildman–Crippen LogP) is 4.38. The second-order valence-electron chi connectivity index (χ2n) is 8.64. The minimum Gasteiger partial charge on any atom is -0.490 e. The van der Waals surface area contributed by atoms with Gasteiger partial charge in [0.05, 0.1) is 17.8 Å². The number of aryl methyl sites for hydroxylation is 1. The summed E-state index contributed by atoms with van der Waals surface area (Å²) >= 11 is 0. The highest BCUT2D eigenvalue weighted by molar-refractivity contribution is 5.88. The number of rotatable bonds is 8. The van der Waals surface area contributed by atoms with Gasteiger partial charge in [-0.25, -0.2) is 4.79 Å². The smallest absolute Gasteiger partial charge is 0.335 e. The van der Waals surface area contributed by atoms with Gasteiger partial charge in [-0.15, -0.1) is 6.58 Å². The maximum Gasteiger partial charge on any atom is 0.335 e. The number of aromatic carboxylic acids is 1. The Morgan fingerprint density at radius 1 is 1.40 bits per heavy atom. The largest absolute Gasteiger partial charge is 0.490 e. The van der Waals surface area contributed by atoms with Crippen molar-refractivity contribution in [1.29, 1.82) is 0 Å². The van der Waals surface area contributed by atoms with Gasteiger partial charge in [0.1, 0.15) is 11.9 Å². The van der Waals surface area contributed by atoms with E-state index in [4.69, 9.17) is 4.74 Å². The molecule has 1 aliphatic carbocycles. The summed E-state index contributed by atoms with van der Waals surface area (Å²) in [7, 11) is 0. The number of hydrogen-bond acceptors (Lipinski definition) is 4. The zero-order valence-electron chi connectivity index (χ0n) is 17.7. The summed E-state index contributed by atoms with van der Waals surface area (Å²) in [5.41, 5.74) is 1.23. The quantitative estimate of drug-likeness (QED) is 0.550. The normalized spacial score (nSPS) is 28.0. The van der Waals surface area contributed by atoms with Crippen molar-refractivity contribution in [2.75, 3.05) is 0 Å². The van der Waals surface area contributed by atoms with Gasteiger partial charge in [0.15, 0.2) is 0 Å². The van der Waals surface area contributed by atoms with E-state index in [0.29, 0.717) is 12.2 Å². The molecule has 0 saturated heterocycles. The van der Waals surface area contributed by atoms with Crippen LogP contribution < -0.4 is 4.74 Å². The van der Waals surface area contributed by atoms with Crippen LogP contribution in [0.5, 0.6) is 5.75 Å². The Morgan fingerprint density at radius 2 is 2.20 bits per heavy atom. The molecular weight excluding hydrogens is 380 g/mol. The number of hydrogen-bond donors (Lipinski definition) is 3. The van der Waals surface area contributed by atoms with Crippen molar-refractivity contribution in [2.24, 2.45) is 17.8 Å². The first-order chi connectivity index (χ1) is 14.4. The zero-order valence-corrected chi connectivity index (χ0v) is 17.7. The van der Waals surface area contributed by atoms with E-state index in [0.717, 1.165) is 44.1 Å². The third kappa shape index (κ3) is 5.13. The fraction of sp³-hybridized carbons (Fsp3) is 0.560. The molecule has 1 aliphatic heterocycles. The summed E-state index contributed by atoms with van der Waals surface area (Å²) in [6.45, 7) is 5.98. The maximum atomic E-state index is 11.3. The molecule has 2 aliphatic rings. The molecule has 3 N–H and O–H groups in total. The van der Waals surface area contributed by atoms with Crippen LogP contribution in [0.1, 0.15) is 61.4 Å². The molecule has 0 amide bonds. The summed E-state index contributed by atoms with van der Waals surface area (Å²) in [6, 6.07) is 5.06. The summed E-state index contributed by atoms with van der Waals surface area (Å²) in [5.74, 6) is -0.271. The summed E-state index contributed by atoms with van der Waals surface area (Å²) < 4.78 is 6.24. The topological polar surface area (TPSA) is 87.0 Å². The van der Waals surface area contributed by atoms with Crippen LogP contribution in [0.25, 0.3) is 0 Å². The fourth-order valence-corrected chi connectivity index (χ4v) is 4.84. The molecule has 2 unspecified atom stereocenters. The first-order valence-electron chi connectivity index (χ1n) is 11.1. The van der Waals surface area contributed by atoms with E-state index >= 15 is 0 Å². The Balaban J connectivity index is 1.74. The van der Waals surface area contributed by atoms with Crippen molar-refractivity contribution in [3.63, 3.8) is 0 Å². The van der Waals surface area contributed by atoms with Gasteiger partial charge in [0.2, 0.25) is 0 Å². The molecule has 5 heteroatoms. The number of benzene rings is 1. The van der Waals surface area contributed by atoms with Crippen LogP contribution in [0.2, 0.25) is 0 Å². The number of unbranched alkanes of at least 4 members (excludes halogenated alkanes) is 1. The lowest BCUT2D eigenvalue weighted by atomic mass is 9.86. The van der Waals surface area contributed by atoms with E-state index < -0.39 is 18.2 Å². The molecule has 0 radical (unpaired) electrons. The number of fused-ring (bicyclic) bond motifs is 2. The molecule has 1 saturated carbocycles. The van der Waals surface area contributed by atoms with Gasteiger partial charge in [-0.2, -0.15) is 0 Å². The Hall–Kier alpha value is -2.11. The van der Waals surface area contributed by atoms with E-state index in [9.17, 15) is 20.1 Å². The molecule has 3 rings (SSSR count). The van der Waals surface area contributed by atoms with Crippen molar-refractivity contribution in [3.8, 4) is 5.75 Å². The fourth-order valence-electron chi connectivity index (χ4n) is 4.84. The maximum absolute atomic E-state index is 11.3. The standard InChI is InChI=1S/C25H34O5/c1-3-5-7-16(4-2)21(26)13-12-19-20-9-6-8-17-10-11-18(25(28)29)14-23(17)30-24(20)15-22(19)27/h4,10-14,16,19-22,24,26-27H,2-3,5-9,15H2,1H3,(H,28,29)/b13-12+/t16?,19-,20-,21?,22-,24+/m1/s1. The molecular formula is C25H34O5. The molecule has 30 heavy (non-hydrogen) atoms. The molecule has 164 valence electrons. The molecule has 1 heterocycles. The first kappa shape index (κ1) is 22.6. The van der Waals surface area contributed by atoms with Gasteiger partial charge in [-0.3, -0.25) is 0 Å². The lowest BCUT2D eigenvalue weighted by Gasteiger charge is -2.28. The Bertz CT molecular complexity index is 771. The van der Waals surface area contributed by atoms with Crippen molar-refractivity contribution < 1.29 is 24.9 Å². The SMILES string of the molecule is C=CC(CCCC)C(O)/C=C/[C@@H]1[C@H]2CCCc3ccc(C(=O)O)cc3O[C@H]2C[C@H]1O. The number of ether oxygens (including phenoxy) is 1. The van der Waals surface area contributed by atoms with Gasteiger partial charge in [-0.05, 0) is 43.4 Å². The molecule has 1 aromatic carbocycles. The van der Waals surface area contributed by atoms with E-state index in [1.807, 2.05) is 24.3 Å². The zero-order chi connectivity index (χ0) is 21.7. The Morgan fingerprint density at radius 3 is 2.90 bits per heavy atom. The number of carboxylic acid groups (broad SMARTS) is 1. The van der Waals surface area contributed by atoms with Gasteiger partial charge in [0.25, 0.3) is 0 Å². The van der Waals surface area contributed by atoms with E-state index in [1.165, 1.54) is 0 Å². The van der Waals surface area contributed by atoms with E-state index in [-0.39, 0.29) is 29.4 Å². The van der Waals surface area contributed by atoms with E-state index in [2.05, 4.69) is 13.5 Å². The van der Waals surface area contributed by atoms with Gasteiger partial charge < -0.3 is 20.1 Å². The van der Waals surface area contributed by atoms with Crippen molar-refractivity contribution in [1.82, 2.24) is 0 Å². The van der Waals surface area contributed by atoms with Crippen LogP contribution in [0.4, 0.5) is 0 Å². The number of aliphatic hydroxyl groups excluding tert-OH is 2. The van der Waals surface area contributed by atoms with Gasteiger partial charge >= 0.3 is 5.97 Å². The highest BCUT2D eigenvalue weighted by Crippen LogP contribution is 2.42. The summed E-state index contributed by atoms with van der Waals surface area (Å²) in [5, 5.41) is 30.6. The molecule has 0 spiro atoms. The number of carbonyl (C=O) groups is 1. The second-order valence-corrected chi connectivity index (χ2v) is 8.64. The molecule has 1 aromatic rings. The minimum absolute atomic E-state index is 0.0189. The second kappa shape index (κ2) is 10.3. The van der Waals surface area contributed by atoms with Crippen LogP contribution in [0.3, 0.4) is 0 Å². The number of carboxylic acids is 1. The highest BCUT2D eigenvalue weighted by atomic mass is 16.5.